The maximum absolute atomic E-state index is 13.0. The Morgan fingerprint density at radius 2 is 1.69 bits per heavy atom. The molecule has 1 aliphatic heterocycles. The molecule has 2 amide bonds. The van der Waals surface area contributed by atoms with Crippen molar-refractivity contribution < 1.29 is 14.0 Å². The number of hydrogen-bond acceptors (Lipinski definition) is 4. The Bertz CT molecular complexity index is 1150. The van der Waals surface area contributed by atoms with Crippen molar-refractivity contribution in [1.82, 2.24) is 5.32 Å². The first kappa shape index (κ1) is 19.6. The molecule has 2 aromatic carbocycles. The third kappa shape index (κ3) is 4.03. The van der Waals surface area contributed by atoms with Crippen molar-refractivity contribution in [1.29, 1.82) is 0 Å². The molecule has 0 radical (unpaired) electrons. The zero-order chi connectivity index (χ0) is 20.5. The monoisotopic (exact) mass is 486 g/mol. The summed E-state index contributed by atoms with van der Waals surface area (Å²) in [6.45, 7) is 0. The van der Waals surface area contributed by atoms with Gasteiger partial charge in [-0.05, 0) is 79.0 Å². The van der Waals surface area contributed by atoms with Gasteiger partial charge in [0.15, 0.2) is 5.11 Å². The number of rotatable bonds is 3. The summed E-state index contributed by atoms with van der Waals surface area (Å²) in [5, 5.41) is 3.20. The van der Waals surface area contributed by atoms with E-state index in [1.54, 1.807) is 48.5 Å². The number of anilines is 1. The van der Waals surface area contributed by atoms with E-state index in [4.69, 9.17) is 28.2 Å². The molecule has 2 heterocycles. The second kappa shape index (κ2) is 7.94. The van der Waals surface area contributed by atoms with Crippen LogP contribution < -0.4 is 10.2 Å². The van der Waals surface area contributed by atoms with Crippen LogP contribution in [-0.2, 0) is 9.59 Å². The largest absolute Gasteiger partial charge is 0.457 e. The fourth-order valence-corrected chi connectivity index (χ4v) is 3.50. The lowest BCUT2D eigenvalue weighted by atomic mass is 10.1. The van der Waals surface area contributed by atoms with Gasteiger partial charge in [-0.2, -0.15) is 0 Å². The van der Waals surface area contributed by atoms with Gasteiger partial charge in [0.2, 0.25) is 0 Å². The van der Waals surface area contributed by atoms with Crippen LogP contribution in [0.15, 0.2) is 75.1 Å². The van der Waals surface area contributed by atoms with Gasteiger partial charge in [0, 0.05) is 15.1 Å². The molecule has 0 bridgehead atoms. The lowest BCUT2D eigenvalue weighted by Gasteiger charge is -2.28. The Labute approximate surface area is 185 Å². The minimum Gasteiger partial charge on any atom is -0.457 e. The van der Waals surface area contributed by atoms with Gasteiger partial charge < -0.3 is 4.42 Å². The van der Waals surface area contributed by atoms with Gasteiger partial charge in [-0.3, -0.25) is 19.8 Å². The van der Waals surface area contributed by atoms with Crippen molar-refractivity contribution >= 4 is 68.4 Å². The van der Waals surface area contributed by atoms with Crippen molar-refractivity contribution in [3.63, 3.8) is 0 Å². The summed E-state index contributed by atoms with van der Waals surface area (Å²) in [5.74, 6) is -0.127. The maximum atomic E-state index is 13.0. The molecule has 1 aromatic heterocycles. The number of hydrogen-bond donors (Lipinski definition) is 1. The zero-order valence-corrected chi connectivity index (χ0v) is 17.8. The summed E-state index contributed by atoms with van der Waals surface area (Å²) >= 11 is 14.5. The molecule has 29 heavy (non-hydrogen) atoms. The lowest BCUT2D eigenvalue weighted by molar-refractivity contribution is -0.122. The number of thiocarbonyl (C=S) groups is 1. The average molecular weight is 488 g/mol. The minimum absolute atomic E-state index is 0.0285. The van der Waals surface area contributed by atoms with E-state index in [1.807, 2.05) is 12.1 Å². The highest BCUT2D eigenvalue weighted by Crippen LogP contribution is 2.27. The second-order valence-corrected chi connectivity index (χ2v) is 7.88. The fraction of sp³-hybridized carbons (Fsp3) is 0. The molecule has 1 fully saturated rings. The molecule has 0 spiro atoms. The van der Waals surface area contributed by atoms with Crippen LogP contribution in [0.2, 0.25) is 5.02 Å². The summed E-state index contributed by atoms with van der Waals surface area (Å²) in [7, 11) is 0. The molecular weight excluding hydrogens is 476 g/mol. The number of halogens is 2. The predicted octanol–water partition coefficient (Wildman–Crippen LogP) is 5.19. The summed E-state index contributed by atoms with van der Waals surface area (Å²) in [6, 6.07) is 17.6. The number of benzene rings is 2. The van der Waals surface area contributed by atoms with Crippen molar-refractivity contribution in [3.8, 4) is 11.3 Å². The molecular formula is C21H12BrClN2O3S. The van der Waals surface area contributed by atoms with Crippen molar-refractivity contribution in [2.45, 2.75) is 0 Å². The number of amides is 2. The first-order chi connectivity index (χ1) is 13.9. The van der Waals surface area contributed by atoms with Crippen LogP contribution in [0.5, 0.6) is 0 Å². The van der Waals surface area contributed by atoms with Crippen LogP contribution in [0.25, 0.3) is 17.4 Å². The quantitative estimate of drug-likeness (QED) is 0.314. The Morgan fingerprint density at radius 3 is 2.38 bits per heavy atom. The smallest absolute Gasteiger partial charge is 0.270 e. The van der Waals surface area contributed by atoms with E-state index in [0.717, 1.165) is 10.0 Å². The lowest BCUT2D eigenvalue weighted by Crippen LogP contribution is -2.54. The number of furan rings is 1. The van der Waals surface area contributed by atoms with Gasteiger partial charge in [-0.25, -0.2) is 0 Å². The van der Waals surface area contributed by atoms with Crippen molar-refractivity contribution in [3.05, 3.63) is 81.5 Å². The van der Waals surface area contributed by atoms with Crippen LogP contribution in [-0.4, -0.2) is 16.9 Å². The van der Waals surface area contributed by atoms with Crippen molar-refractivity contribution in [2.75, 3.05) is 4.90 Å². The van der Waals surface area contributed by atoms with Gasteiger partial charge in [0.25, 0.3) is 11.8 Å². The molecule has 3 aromatic rings. The molecule has 1 saturated heterocycles. The number of nitrogens with zero attached hydrogens (tertiary/aromatic N) is 1. The molecule has 0 atom stereocenters. The second-order valence-electron chi connectivity index (χ2n) is 6.14. The third-order valence-electron chi connectivity index (χ3n) is 4.23. The first-order valence-electron chi connectivity index (χ1n) is 8.45. The summed E-state index contributed by atoms with van der Waals surface area (Å²) in [6.07, 6.45) is 1.41. The third-order valence-corrected chi connectivity index (χ3v) is 5.29. The van der Waals surface area contributed by atoms with Crippen LogP contribution in [0, 0.1) is 0 Å². The Kier molecular flexibility index (Phi) is 5.36. The Balaban J connectivity index is 1.66. The minimum atomic E-state index is -0.571. The number of carbonyl (C=O) groups is 2. The summed E-state index contributed by atoms with van der Waals surface area (Å²) < 4.78 is 6.65. The van der Waals surface area contributed by atoms with Gasteiger partial charge in [-0.1, -0.05) is 27.5 Å². The van der Waals surface area contributed by atoms with E-state index in [0.29, 0.717) is 22.2 Å². The SMILES string of the molecule is O=C1NC(=S)N(c2ccc(Br)cc2)C(=O)/C1=C/c1ccc(-c2ccc(Cl)cc2)o1. The predicted molar refractivity (Wildman–Crippen MR) is 119 cm³/mol. The van der Waals surface area contributed by atoms with Crippen LogP contribution >= 0.6 is 39.7 Å². The average Bonchev–Trinajstić information content (AvgIpc) is 3.16. The number of carbonyl (C=O) groups excluding carboxylic acids is 2. The highest BCUT2D eigenvalue weighted by Gasteiger charge is 2.34. The molecule has 1 aliphatic rings. The fourth-order valence-electron chi connectivity index (χ4n) is 2.82. The van der Waals surface area contributed by atoms with E-state index in [9.17, 15) is 9.59 Å². The van der Waals surface area contributed by atoms with Crippen LogP contribution in [0.1, 0.15) is 5.76 Å². The molecule has 0 saturated carbocycles. The molecule has 8 heteroatoms. The Morgan fingerprint density at radius 1 is 1.00 bits per heavy atom. The van der Waals surface area contributed by atoms with Crippen LogP contribution in [0.3, 0.4) is 0 Å². The van der Waals surface area contributed by atoms with E-state index >= 15 is 0 Å². The molecule has 4 rings (SSSR count). The molecule has 144 valence electrons. The van der Waals surface area contributed by atoms with Crippen molar-refractivity contribution in [2.24, 2.45) is 0 Å². The van der Waals surface area contributed by atoms with Gasteiger partial charge >= 0.3 is 0 Å². The van der Waals surface area contributed by atoms with E-state index in [1.165, 1.54) is 11.0 Å². The number of nitrogens with one attached hydrogen (secondary N) is 1. The topological polar surface area (TPSA) is 62.6 Å². The highest BCUT2D eigenvalue weighted by molar-refractivity contribution is 9.10. The molecule has 5 nitrogen and oxygen atoms in total. The van der Waals surface area contributed by atoms with Crippen LogP contribution in [0.4, 0.5) is 5.69 Å². The molecule has 0 aliphatic carbocycles. The normalized spacial score (nSPS) is 15.7. The van der Waals surface area contributed by atoms with E-state index in [-0.39, 0.29) is 10.7 Å². The van der Waals surface area contributed by atoms with Gasteiger partial charge in [-0.15, -0.1) is 0 Å². The maximum Gasteiger partial charge on any atom is 0.270 e. The Hall–Kier alpha value is -2.74. The zero-order valence-electron chi connectivity index (χ0n) is 14.7. The first-order valence-corrected chi connectivity index (χ1v) is 10.0. The molecule has 0 unspecified atom stereocenters. The standard InChI is InChI=1S/C21H12BrClN2O3S/c22-13-3-7-15(8-4-13)25-20(27)17(19(26)24-21(25)29)11-16-9-10-18(28-16)12-1-5-14(23)6-2-12/h1-11H,(H,24,26,29)/b17-11+. The highest BCUT2D eigenvalue weighted by atomic mass is 79.9. The van der Waals surface area contributed by atoms with Gasteiger partial charge in [0.05, 0.1) is 5.69 Å². The molecule has 1 N–H and O–H groups in total. The van der Waals surface area contributed by atoms with E-state index in [2.05, 4.69) is 21.2 Å². The summed E-state index contributed by atoms with van der Waals surface area (Å²) in [5.41, 5.74) is 1.31. The summed E-state index contributed by atoms with van der Waals surface area (Å²) in [4.78, 5) is 26.7. The van der Waals surface area contributed by atoms with E-state index < -0.39 is 11.8 Å². The van der Waals surface area contributed by atoms with Gasteiger partial charge in [0.1, 0.15) is 17.1 Å².